The minimum Gasteiger partial charge on any atom is -0.481 e. The van der Waals surface area contributed by atoms with Crippen LogP contribution in [0.1, 0.15) is 29.2 Å². The Balaban J connectivity index is 1.66. The van der Waals surface area contributed by atoms with E-state index in [0.29, 0.717) is 23.1 Å². The predicted molar refractivity (Wildman–Crippen MR) is 112 cm³/mol. The first-order chi connectivity index (χ1) is 13.3. The predicted octanol–water partition coefficient (Wildman–Crippen LogP) is 4.92. The van der Waals surface area contributed by atoms with Gasteiger partial charge in [-0.3, -0.25) is 4.79 Å². The molecular formula is C22H24ClN3O2. The number of aryl methyl sites for hydroxylation is 3. The maximum absolute atomic E-state index is 12.6. The molecule has 0 saturated heterocycles. The fourth-order valence-electron chi connectivity index (χ4n) is 2.89. The molecule has 6 heteroatoms. The zero-order chi connectivity index (χ0) is 20.3. The van der Waals surface area contributed by atoms with Crippen molar-refractivity contribution in [2.75, 3.05) is 5.32 Å². The molecule has 5 nitrogen and oxygen atoms in total. The van der Waals surface area contributed by atoms with Gasteiger partial charge in [0.1, 0.15) is 11.6 Å². The quantitative estimate of drug-likeness (QED) is 0.642. The lowest BCUT2D eigenvalue weighted by Crippen LogP contribution is -2.31. The third-order valence-electron chi connectivity index (χ3n) is 4.51. The van der Waals surface area contributed by atoms with Gasteiger partial charge in [0, 0.05) is 11.1 Å². The van der Waals surface area contributed by atoms with Gasteiger partial charge in [-0.2, -0.15) is 5.10 Å². The van der Waals surface area contributed by atoms with E-state index in [-0.39, 0.29) is 5.91 Å². The molecule has 0 fully saturated rings. The van der Waals surface area contributed by atoms with Crippen molar-refractivity contribution in [1.82, 2.24) is 9.78 Å². The molecule has 1 atom stereocenters. The third kappa shape index (κ3) is 4.73. The van der Waals surface area contributed by atoms with Crippen LogP contribution in [0.15, 0.2) is 48.7 Å². The largest absolute Gasteiger partial charge is 0.481 e. The summed E-state index contributed by atoms with van der Waals surface area (Å²) >= 11 is 6.19. The van der Waals surface area contributed by atoms with Crippen LogP contribution in [0.3, 0.4) is 0 Å². The summed E-state index contributed by atoms with van der Waals surface area (Å²) in [6.45, 7) is 8.17. The number of aromatic nitrogens is 2. The summed E-state index contributed by atoms with van der Waals surface area (Å²) in [7, 11) is 0. The summed E-state index contributed by atoms with van der Waals surface area (Å²) in [4.78, 5) is 12.6. The number of hydrogen-bond acceptors (Lipinski definition) is 3. The van der Waals surface area contributed by atoms with Crippen LogP contribution in [-0.4, -0.2) is 21.8 Å². The van der Waals surface area contributed by atoms with Gasteiger partial charge < -0.3 is 10.1 Å². The first kappa shape index (κ1) is 20.0. The molecule has 0 bridgehead atoms. The van der Waals surface area contributed by atoms with Crippen molar-refractivity contribution >= 4 is 23.3 Å². The number of rotatable bonds is 6. The number of hydrogen-bond donors (Lipinski definition) is 1. The zero-order valence-corrected chi connectivity index (χ0v) is 17.2. The lowest BCUT2D eigenvalue weighted by Gasteiger charge is -2.17. The molecule has 0 radical (unpaired) electrons. The zero-order valence-electron chi connectivity index (χ0n) is 16.5. The molecule has 1 amide bonds. The molecule has 3 aromatic rings. The number of ether oxygens (including phenoxy) is 1. The van der Waals surface area contributed by atoms with E-state index in [1.807, 2.05) is 26.0 Å². The highest BCUT2D eigenvalue weighted by Crippen LogP contribution is 2.26. The molecule has 0 aliphatic rings. The highest BCUT2D eigenvalue weighted by molar-refractivity contribution is 6.32. The summed E-state index contributed by atoms with van der Waals surface area (Å²) in [5.41, 5.74) is 4.15. The number of nitrogens with one attached hydrogen (secondary N) is 1. The average molecular weight is 398 g/mol. The van der Waals surface area contributed by atoms with E-state index in [9.17, 15) is 4.79 Å². The second-order valence-corrected chi connectivity index (χ2v) is 7.36. The lowest BCUT2D eigenvalue weighted by molar-refractivity contribution is -0.122. The molecule has 1 N–H and O–H groups in total. The van der Waals surface area contributed by atoms with Crippen LogP contribution < -0.4 is 10.1 Å². The van der Waals surface area contributed by atoms with Crippen LogP contribution in [-0.2, 0) is 11.3 Å². The second-order valence-electron chi connectivity index (χ2n) is 6.98. The molecular weight excluding hydrogens is 374 g/mol. The van der Waals surface area contributed by atoms with Gasteiger partial charge in [0.2, 0.25) is 0 Å². The smallest absolute Gasteiger partial charge is 0.266 e. The monoisotopic (exact) mass is 397 g/mol. The van der Waals surface area contributed by atoms with Gasteiger partial charge in [0.15, 0.2) is 6.10 Å². The first-order valence-electron chi connectivity index (χ1n) is 9.15. The third-order valence-corrected chi connectivity index (χ3v) is 5.11. The van der Waals surface area contributed by atoms with E-state index >= 15 is 0 Å². The molecule has 0 saturated carbocycles. The Labute approximate surface area is 170 Å². The Kier molecular flexibility index (Phi) is 6.05. The highest BCUT2D eigenvalue weighted by atomic mass is 35.5. The van der Waals surface area contributed by atoms with Crippen LogP contribution >= 0.6 is 11.6 Å². The molecule has 2 aromatic carbocycles. The van der Waals surface area contributed by atoms with Crippen LogP contribution in [0.25, 0.3) is 0 Å². The standard InChI is InChI=1S/C22H24ClN3O2/c1-14-5-7-18(8-6-14)13-26-20(9-10-24-26)25-22(27)17(4)28-19-11-15(2)21(23)16(3)12-19/h5-12,17H,13H2,1-4H3,(H,25,27)/t17-/m0/s1. The summed E-state index contributed by atoms with van der Waals surface area (Å²) in [5.74, 6) is 1.01. The molecule has 0 unspecified atom stereocenters. The SMILES string of the molecule is Cc1ccc(Cn2nccc2NC(=O)[C@H](C)Oc2cc(C)c(Cl)c(C)c2)cc1. The number of carbonyl (C=O) groups excluding carboxylic acids is 1. The van der Waals surface area contributed by atoms with Gasteiger partial charge in [-0.25, -0.2) is 4.68 Å². The maximum atomic E-state index is 12.6. The van der Waals surface area contributed by atoms with E-state index in [1.54, 1.807) is 23.9 Å². The Morgan fingerprint density at radius 2 is 1.79 bits per heavy atom. The van der Waals surface area contributed by atoms with Crippen LogP contribution in [0.4, 0.5) is 5.82 Å². The van der Waals surface area contributed by atoms with E-state index in [1.165, 1.54) is 5.56 Å². The van der Waals surface area contributed by atoms with Crippen molar-refractivity contribution in [3.63, 3.8) is 0 Å². The minimum absolute atomic E-state index is 0.240. The Hall–Kier alpha value is -2.79. The fraction of sp³-hybridized carbons (Fsp3) is 0.273. The van der Waals surface area contributed by atoms with Gasteiger partial charge in [-0.1, -0.05) is 41.4 Å². The van der Waals surface area contributed by atoms with Gasteiger partial charge in [0.05, 0.1) is 12.7 Å². The molecule has 3 rings (SSSR count). The Morgan fingerprint density at radius 3 is 2.43 bits per heavy atom. The number of nitrogens with zero attached hydrogens (tertiary/aromatic N) is 2. The maximum Gasteiger partial charge on any atom is 0.266 e. The number of amides is 1. The summed E-state index contributed by atoms with van der Waals surface area (Å²) < 4.78 is 7.57. The molecule has 1 heterocycles. The summed E-state index contributed by atoms with van der Waals surface area (Å²) in [6, 6.07) is 13.7. The van der Waals surface area contributed by atoms with Crippen molar-refractivity contribution in [1.29, 1.82) is 0 Å². The highest BCUT2D eigenvalue weighted by Gasteiger charge is 2.17. The van der Waals surface area contributed by atoms with Crippen molar-refractivity contribution in [2.24, 2.45) is 0 Å². The summed E-state index contributed by atoms with van der Waals surface area (Å²) in [6.07, 6.45) is 1.00. The van der Waals surface area contributed by atoms with Gasteiger partial charge in [-0.05, 0) is 56.5 Å². The van der Waals surface area contributed by atoms with Gasteiger partial charge in [-0.15, -0.1) is 0 Å². The van der Waals surface area contributed by atoms with E-state index in [4.69, 9.17) is 16.3 Å². The first-order valence-corrected chi connectivity index (χ1v) is 9.53. The van der Waals surface area contributed by atoms with Crippen LogP contribution in [0, 0.1) is 20.8 Å². The normalized spacial score (nSPS) is 11.9. The number of carbonyl (C=O) groups is 1. The molecule has 0 aliphatic carbocycles. The van der Waals surface area contributed by atoms with Crippen molar-refractivity contribution < 1.29 is 9.53 Å². The van der Waals surface area contributed by atoms with Crippen LogP contribution in [0.5, 0.6) is 5.75 Å². The number of anilines is 1. The minimum atomic E-state index is -0.664. The number of benzene rings is 2. The lowest BCUT2D eigenvalue weighted by atomic mass is 10.1. The fourth-order valence-corrected chi connectivity index (χ4v) is 3.00. The summed E-state index contributed by atoms with van der Waals surface area (Å²) in [5, 5.41) is 7.92. The molecule has 0 spiro atoms. The Bertz CT molecular complexity index is 957. The molecule has 146 valence electrons. The van der Waals surface area contributed by atoms with E-state index in [0.717, 1.165) is 16.7 Å². The van der Waals surface area contributed by atoms with E-state index < -0.39 is 6.10 Å². The average Bonchev–Trinajstić information content (AvgIpc) is 3.08. The second kappa shape index (κ2) is 8.48. The molecule has 0 aliphatic heterocycles. The van der Waals surface area contributed by atoms with Crippen LogP contribution in [0.2, 0.25) is 5.02 Å². The Morgan fingerprint density at radius 1 is 1.14 bits per heavy atom. The topological polar surface area (TPSA) is 56.2 Å². The van der Waals surface area contributed by atoms with Crippen molar-refractivity contribution in [2.45, 2.75) is 40.3 Å². The van der Waals surface area contributed by atoms with Crippen molar-refractivity contribution in [3.8, 4) is 5.75 Å². The van der Waals surface area contributed by atoms with Gasteiger partial charge >= 0.3 is 0 Å². The van der Waals surface area contributed by atoms with Crippen molar-refractivity contribution in [3.05, 3.63) is 75.9 Å². The molecule has 1 aromatic heterocycles. The van der Waals surface area contributed by atoms with Gasteiger partial charge in [0.25, 0.3) is 5.91 Å². The number of halogens is 1. The molecule has 28 heavy (non-hydrogen) atoms. The van der Waals surface area contributed by atoms with E-state index in [2.05, 4.69) is 41.6 Å².